The molecule has 0 radical (unpaired) electrons. The first kappa shape index (κ1) is 21.6. The molecule has 1 aliphatic heterocycles. The van der Waals surface area contributed by atoms with Crippen LogP contribution in [0.2, 0.25) is 0 Å². The van der Waals surface area contributed by atoms with Crippen LogP contribution in [0.1, 0.15) is 58.4 Å². The number of hydrogen-bond acceptors (Lipinski definition) is 4. The molecule has 0 N–H and O–H groups in total. The Morgan fingerprint density at radius 3 is 2.62 bits per heavy atom. The zero-order valence-corrected chi connectivity index (χ0v) is 18.2. The number of rotatable bonds is 5. The van der Waals surface area contributed by atoms with Crippen molar-refractivity contribution < 1.29 is 19.0 Å². The summed E-state index contributed by atoms with van der Waals surface area (Å²) in [5.41, 5.74) is 0.894. The maximum Gasteiger partial charge on any atom is 0.306 e. The molecule has 146 valence electrons. The monoisotopic (exact) mass is 474 g/mol. The number of carbonyl (C=O) groups is 1. The molecule has 5 heteroatoms. The third-order valence-corrected chi connectivity index (χ3v) is 5.65. The molecule has 0 spiro atoms. The summed E-state index contributed by atoms with van der Waals surface area (Å²) < 4.78 is 18.3. The summed E-state index contributed by atoms with van der Waals surface area (Å²) in [6.07, 6.45) is 3.90. The van der Waals surface area contributed by atoms with Crippen molar-refractivity contribution in [1.82, 2.24) is 0 Å². The molecule has 4 nitrogen and oxygen atoms in total. The van der Waals surface area contributed by atoms with E-state index in [4.69, 9.17) is 14.2 Å². The lowest BCUT2D eigenvalue weighted by Gasteiger charge is -2.33. The van der Waals surface area contributed by atoms with E-state index in [1.165, 1.54) is 0 Å². The zero-order chi connectivity index (χ0) is 19.0. The van der Waals surface area contributed by atoms with Crippen molar-refractivity contribution in [3.8, 4) is 0 Å². The number of hydrogen-bond donors (Lipinski definition) is 0. The molecule has 0 bridgehead atoms. The van der Waals surface area contributed by atoms with E-state index in [1.54, 1.807) is 0 Å². The lowest BCUT2D eigenvalue weighted by Crippen LogP contribution is -2.39. The van der Waals surface area contributed by atoms with Crippen LogP contribution in [-0.2, 0) is 25.6 Å². The van der Waals surface area contributed by atoms with Crippen LogP contribution in [0, 0.1) is 0 Å². The molecule has 1 aromatic rings. The van der Waals surface area contributed by atoms with E-state index in [1.807, 2.05) is 30.3 Å². The fraction of sp³-hybridized carbons (Fsp3) is 0.667. The van der Waals surface area contributed by atoms with Crippen molar-refractivity contribution in [2.75, 3.05) is 6.61 Å². The minimum atomic E-state index is -0.270. The van der Waals surface area contributed by atoms with Crippen molar-refractivity contribution in [2.24, 2.45) is 0 Å². The highest BCUT2D eigenvalue weighted by Crippen LogP contribution is 2.27. The van der Waals surface area contributed by atoms with E-state index in [9.17, 15) is 4.79 Å². The molecule has 1 aromatic carbocycles. The molecule has 0 amide bonds. The second-order valence-electron chi connectivity index (χ2n) is 7.88. The molecule has 1 saturated heterocycles. The number of benzene rings is 1. The topological polar surface area (TPSA) is 44.8 Å². The number of esters is 1. The Bertz CT molecular complexity index is 541. The van der Waals surface area contributed by atoms with Crippen molar-refractivity contribution >= 4 is 28.6 Å². The average Bonchev–Trinajstić information content (AvgIpc) is 2.57. The normalized spacial score (nSPS) is 25.5. The van der Waals surface area contributed by atoms with Gasteiger partial charge in [-0.3, -0.25) is 4.79 Å². The van der Waals surface area contributed by atoms with Gasteiger partial charge in [-0.15, -0.1) is 0 Å². The highest BCUT2D eigenvalue weighted by Gasteiger charge is 2.30. The van der Waals surface area contributed by atoms with Crippen LogP contribution >= 0.6 is 22.6 Å². The van der Waals surface area contributed by atoms with Gasteiger partial charge in [0.1, 0.15) is 6.10 Å². The molecule has 0 aliphatic carbocycles. The van der Waals surface area contributed by atoms with Gasteiger partial charge in [0.2, 0.25) is 0 Å². The third kappa shape index (κ3) is 8.35. The largest absolute Gasteiger partial charge is 0.460 e. The van der Waals surface area contributed by atoms with Gasteiger partial charge in [0.15, 0.2) is 0 Å². The highest BCUT2D eigenvalue weighted by molar-refractivity contribution is 14.1. The molecule has 26 heavy (non-hydrogen) atoms. The van der Waals surface area contributed by atoms with Gasteiger partial charge >= 0.3 is 5.97 Å². The first-order valence-corrected chi connectivity index (χ1v) is 10.7. The van der Waals surface area contributed by atoms with Crippen LogP contribution in [0.25, 0.3) is 0 Å². The van der Waals surface area contributed by atoms with Gasteiger partial charge in [0.05, 0.1) is 24.9 Å². The van der Waals surface area contributed by atoms with Crippen LogP contribution in [0.3, 0.4) is 0 Å². The van der Waals surface area contributed by atoms with E-state index in [-0.39, 0.29) is 23.8 Å². The summed E-state index contributed by atoms with van der Waals surface area (Å²) in [5.74, 6) is -0.125. The number of halogens is 1. The maximum atomic E-state index is 12.1. The quantitative estimate of drug-likeness (QED) is 0.340. The van der Waals surface area contributed by atoms with E-state index >= 15 is 0 Å². The Kier molecular flexibility index (Phi) is 8.84. The Morgan fingerprint density at radius 1 is 1.19 bits per heavy atom. The molecular weight excluding hydrogens is 443 g/mol. The molecule has 1 heterocycles. The van der Waals surface area contributed by atoms with E-state index in [2.05, 4.69) is 43.4 Å². The van der Waals surface area contributed by atoms with E-state index in [0.717, 1.165) is 24.8 Å². The van der Waals surface area contributed by atoms with Crippen LogP contribution in [-0.4, -0.2) is 34.3 Å². The fourth-order valence-electron chi connectivity index (χ4n) is 3.05. The summed E-state index contributed by atoms with van der Waals surface area (Å²) >= 11 is 2.49. The molecule has 0 unspecified atom stereocenters. The Hall–Kier alpha value is -0.660. The molecule has 0 saturated carbocycles. The van der Waals surface area contributed by atoms with Gasteiger partial charge in [-0.25, -0.2) is 0 Å². The van der Waals surface area contributed by atoms with Gasteiger partial charge in [-0.05, 0) is 39.2 Å². The Morgan fingerprint density at radius 2 is 1.92 bits per heavy atom. The fourth-order valence-corrected chi connectivity index (χ4v) is 3.94. The summed E-state index contributed by atoms with van der Waals surface area (Å²) in [5, 5.41) is 0. The summed E-state index contributed by atoms with van der Waals surface area (Å²) in [7, 11) is 0. The minimum absolute atomic E-state index is 0.0480. The van der Waals surface area contributed by atoms with Crippen LogP contribution in [0.4, 0.5) is 0 Å². The SMILES string of the molecule is CC(C)(C)O[C@H]1C[C@@H](COCc2ccccc2)OC(=O)CCCC[C@@H]1I. The first-order chi connectivity index (χ1) is 12.3. The maximum absolute atomic E-state index is 12.1. The second-order valence-corrected chi connectivity index (χ2v) is 9.48. The minimum Gasteiger partial charge on any atom is -0.460 e. The number of carbonyl (C=O) groups excluding carboxylic acids is 1. The molecule has 2 rings (SSSR count). The van der Waals surface area contributed by atoms with Gasteiger partial charge < -0.3 is 14.2 Å². The Labute approximate surface area is 171 Å². The summed E-state index contributed by atoms with van der Waals surface area (Å²) in [6, 6.07) is 10.0. The smallest absolute Gasteiger partial charge is 0.306 e. The average molecular weight is 474 g/mol. The van der Waals surface area contributed by atoms with Gasteiger partial charge in [-0.1, -0.05) is 59.3 Å². The number of ether oxygens (including phenoxy) is 3. The molecule has 0 aromatic heterocycles. The third-order valence-electron chi connectivity index (χ3n) is 4.23. The van der Waals surface area contributed by atoms with Gasteiger partial charge in [-0.2, -0.15) is 0 Å². The number of alkyl halides is 1. The molecular formula is C21H31IO4. The zero-order valence-electron chi connectivity index (χ0n) is 16.1. The van der Waals surface area contributed by atoms with Crippen LogP contribution in [0.5, 0.6) is 0 Å². The molecule has 1 aliphatic rings. The van der Waals surface area contributed by atoms with Crippen LogP contribution < -0.4 is 0 Å². The van der Waals surface area contributed by atoms with Crippen LogP contribution in [0.15, 0.2) is 30.3 Å². The van der Waals surface area contributed by atoms with E-state index in [0.29, 0.717) is 30.0 Å². The predicted molar refractivity (Wildman–Crippen MR) is 111 cm³/mol. The van der Waals surface area contributed by atoms with Crippen molar-refractivity contribution in [3.63, 3.8) is 0 Å². The molecule has 3 atom stereocenters. The van der Waals surface area contributed by atoms with Gasteiger partial charge in [0, 0.05) is 16.8 Å². The second kappa shape index (κ2) is 10.6. The lowest BCUT2D eigenvalue weighted by molar-refractivity contribution is -0.157. The standard InChI is InChI=1S/C21H31IO4/c1-21(2,3)26-19-13-17(15-24-14-16-9-5-4-6-10-16)25-20(23)12-8-7-11-18(19)22/h4-6,9-10,17-19H,7-8,11-15H2,1-3H3/t17-,18-,19-/m0/s1. The first-order valence-electron chi connectivity index (χ1n) is 9.46. The molecule has 1 fully saturated rings. The van der Waals surface area contributed by atoms with Crippen molar-refractivity contribution in [3.05, 3.63) is 35.9 Å². The van der Waals surface area contributed by atoms with Crippen molar-refractivity contribution in [2.45, 2.75) is 81.2 Å². The van der Waals surface area contributed by atoms with E-state index < -0.39 is 0 Å². The van der Waals surface area contributed by atoms with Gasteiger partial charge in [0.25, 0.3) is 0 Å². The van der Waals surface area contributed by atoms with Crippen molar-refractivity contribution in [1.29, 1.82) is 0 Å². The summed E-state index contributed by atoms with van der Waals surface area (Å²) in [6.45, 7) is 7.13. The predicted octanol–water partition coefficient (Wildman–Crippen LogP) is 5.07. The number of cyclic esters (lactones) is 1. The Balaban J connectivity index is 1.99. The lowest BCUT2D eigenvalue weighted by atomic mass is 10.0. The highest BCUT2D eigenvalue weighted by atomic mass is 127. The summed E-state index contributed by atoms with van der Waals surface area (Å²) in [4.78, 5) is 12.1.